The van der Waals surface area contributed by atoms with E-state index in [0.29, 0.717) is 6.61 Å². The summed E-state index contributed by atoms with van der Waals surface area (Å²) in [5, 5.41) is 8.88. The van der Waals surface area contributed by atoms with E-state index in [1.165, 1.54) is 51.7 Å². The lowest BCUT2D eigenvalue weighted by Crippen LogP contribution is -2.26. The third-order valence-corrected chi connectivity index (χ3v) is 3.90. The SMILES string of the molecule is OCCC1CCN(CC2CCCC2)C1. The summed E-state index contributed by atoms with van der Waals surface area (Å²) in [5.74, 6) is 1.77. The van der Waals surface area contributed by atoms with Gasteiger partial charge < -0.3 is 10.0 Å². The zero-order valence-electron chi connectivity index (χ0n) is 9.12. The Bertz CT molecular complexity index is 166. The van der Waals surface area contributed by atoms with Crippen molar-refractivity contribution in [2.45, 2.75) is 38.5 Å². The van der Waals surface area contributed by atoms with Crippen LogP contribution in [0.5, 0.6) is 0 Å². The molecule has 1 unspecified atom stereocenters. The second-order valence-corrected chi connectivity index (χ2v) is 5.08. The molecule has 0 amide bonds. The fourth-order valence-electron chi connectivity index (χ4n) is 3.05. The second-order valence-electron chi connectivity index (χ2n) is 5.08. The van der Waals surface area contributed by atoms with Crippen LogP contribution in [-0.2, 0) is 0 Å². The molecule has 2 rings (SSSR count). The standard InChI is InChI=1S/C12H23NO/c14-8-6-12-5-7-13(10-12)9-11-3-1-2-4-11/h11-12,14H,1-10H2. The molecule has 2 fully saturated rings. The molecule has 1 aliphatic heterocycles. The van der Waals surface area contributed by atoms with Crippen LogP contribution in [0.15, 0.2) is 0 Å². The number of hydrogen-bond acceptors (Lipinski definition) is 2. The minimum absolute atomic E-state index is 0.377. The van der Waals surface area contributed by atoms with E-state index in [2.05, 4.69) is 4.90 Å². The Kier molecular flexibility index (Phi) is 3.82. The summed E-state index contributed by atoms with van der Waals surface area (Å²) in [6.45, 7) is 4.24. The van der Waals surface area contributed by atoms with Crippen LogP contribution in [0.3, 0.4) is 0 Å². The Balaban J connectivity index is 1.67. The second kappa shape index (κ2) is 5.13. The first-order valence-electron chi connectivity index (χ1n) is 6.21. The Morgan fingerprint density at radius 1 is 1.07 bits per heavy atom. The van der Waals surface area contributed by atoms with Gasteiger partial charge >= 0.3 is 0 Å². The highest BCUT2D eigenvalue weighted by atomic mass is 16.3. The maximum atomic E-state index is 8.88. The number of nitrogens with zero attached hydrogens (tertiary/aromatic N) is 1. The van der Waals surface area contributed by atoms with Gasteiger partial charge in [0.25, 0.3) is 0 Å². The average molecular weight is 197 g/mol. The number of likely N-dealkylation sites (tertiary alicyclic amines) is 1. The monoisotopic (exact) mass is 197 g/mol. The molecule has 1 saturated heterocycles. The van der Waals surface area contributed by atoms with Gasteiger partial charge in [0, 0.05) is 19.7 Å². The van der Waals surface area contributed by atoms with E-state index < -0.39 is 0 Å². The Labute approximate surface area is 87.3 Å². The highest BCUT2D eigenvalue weighted by molar-refractivity contribution is 4.79. The van der Waals surface area contributed by atoms with E-state index >= 15 is 0 Å². The Hall–Kier alpha value is -0.0800. The van der Waals surface area contributed by atoms with Gasteiger partial charge in [-0.3, -0.25) is 0 Å². The third-order valence-electron chi connectivity index (χ3n) is 3.90. The molecule has 82 valence electrons. The molecule has 0 spiro atoms. The molecule has 14 heavy (non-hydrogen) atoms. The zero-order valence-corrected chi connectivity index (χ0v) is 9.12. The quantitative estimate of drug-likeness (QED) is 0.744. The van der Waals surface area contributed by atoms with E-state index in [1.807, 2.05) is 0 Å². The average Bonchev–Trinajstić information content (AvgIpc) is 2.79. The van der Waals surface area contributed by atoms with Crippen LogP contribution in [0.4, 0.5) is 0 Å². The number of aliphatic hydroxyl groups is 1. The fraction of sp³-hybridized carbons (Fsp3) is 1.00. The zero-order chi connectivity index (χ0) is 9.80. The smallest absolute Gasteiger partial charge is 0.0434 e. The lowest BCUT2D eigenvalue weighted by atomic mass is 10.1. The van der Waals surface area contributed by atoms with Gasteiger partial charge in [-0.05, 0) is 44.1 Å². The molecule has 2 aliphatic rings. The van der Waals surface area contributed by atoms with Gasteiger partial charge in [-0.1, -0.05) is 12.8 Å². The lowest BCUT2D eigenvalue weighted by Gasteiger charge is -2.20. The van der Waals surface area contributed by atoms with Crippen molar-refractivity contribution in [3.05, 3.63) is 0 Å². The minimum atomic E-state index is 0.377. The summed E-state index contributed by atoms with van der Waals surface area (Å²) in [6.07, 6.45) is 8.16. The van der Waals surface area contributed by atoms with Gasteiger partial charge in [0.1, 0.15) is 0 Å². The van der Waals surface area contributed by atoms with Crippen LogP contribution in [0.2, 0.25) is 0 Å². The van der Waals surface area contributed by atoms with E-state index in [1.54, 1.807) is 0 Å². The molecule has 0 radical (unpaired) electrons. The topological polar surface area (TPSA) is 23.5 Å². The van der Waals surface area contributed by atoms with Crippen LogP contribution in [0, 0.1) is 11.8 Å². The number of aliphatic hydroxyl groups excluding tert-OH is 1. The Morgan fingerprint density at radius 2 is 1.86 bits per heavy atom. The predicted molar refractivity (Wildman–Crippen MR) is 58.2 cm³/mol. The van der Waals surface area contributed by atoms with E-state index in [9.17, 15) is 0 Å². The minimum Gasteiger partial charge on any atom is -0.396 e. The molecular weight excluding hydrogens is 174 g/mol. The first kappa shape index (κ1) is 10.4. The lowest BCUT2D eigenvalue weighted by molar-refractivity contribution is 0.239. The predicted octanol–water partition coefficient (Wildman–Crippen LogP) is 1.88. The summed E-state index contributed by atoms with van der Waals surface area (Å²) >= 11 is 0. The fourth-order valence-corrected chi connectivity index (χ4v) is 3.05. The van der Waals surface area contributed by atoms with Gasteiger partial charge in [0.15, 0.2) is 0 Å². The van der Waals surface area contributed by atoms with Gasteiger partial charge in [0.05, 0.1) is 0 Å². The summed E-state index contributed by atoms with van der Waals surface area (Å²) in [4.78, 5) is 2.62. The molecule has 2 nitrogen and oxygen atoms in total. The maximum absolute atomic E-state index is 8.88. The molecule has 0 aromatic heterocycles. The van der Waals surface area contributed by atoms with Crippen LogP contribution in [0.1, 0.15) is 38.5 Å². The van der Waals surface area contributed by atoms with Crippen molar-refractivity contribution in [2.75, 3.05) is 26.2 Å². The largest absolute Gasteiger partial charge is 0.396 e. The first-order valence-corrected chi connectivity index (χ1v) is 6.21. The van der Waals surface area contributed by atoms with Gasteiger partial charge in [0.2, 0.25) is 0 Å². The normalized spacial score (nSPS) is 30.2. The molecule has 0 bridgehead atoms. The molecular formula is C12H23NO. The van der Waals surface area contributed by atoms with E-state index in [4.69, 9.17) is 5.11 Å². The summed E-state index contributed by atoms with van der Waals surface area (Å²) < 4.78 is 0. The summed E-state index contributed by atoms with van der Waals surface area (Å²) in [6, 6.07) is 0. The van der Waals surface area contributed by atoms with E-state index in [0.717, 1.165) is 18.3 Å². The highest BCUT2D eigenvalue weighted by Crippen LogP contribution is 2.28. The van der Waals surface area contributed by atoms with Crippen molar-refractivity contribution in [3.8, 4) is 0 Å². The molecule has 0 aromatic rings. The molecule has 1 N–H and O–H groups in total. The van der Waals surface area contributed by atoms with Crippen molar-refractivity contribution >= 4 is 0 Å². The van der Waals surface area contributed by atoms with Crippen molar-refractivity contribution in [1.29, 1.82) is 0 Å². The molecule has 2 heteroatoms. The van der Waals surface area contributed by atoms with Crippen LogP contribution in [-0.4, -0.2) is 36.2 Å². The van der Waals surface area contributed by atoms with Crippen LogP contribution >= 0.6 is 0 Å². The van der Waals surface area contributed by atoms with Crippen molar-refractivity contribution < 1.29 is 5.11 Å². The van der Waals surface area contributed by atoms with Gasteiger partial charge in [-0.25, -0.2) is 0 Å². The van der Waals surface area contributed by atoms with Crippen LogP contribution < -0.4 is 0 Å². The number of rotatable bonds is 4. The van der Waals surface area contributed by atoms with Gasteiger partial charge in [-0.2, -0.15) is 0 Å². The van der Waals surface area contributed by atoms with E-state index in [-0.39, 0.29) is 0 Å². The first-order chi connectivity index (χ1) is 6.88. The van der Waals surface area contributed by atoms with Crippen LogP contribution in [0.25, 0.3) is 0 Å². The molecule has 1 heterocycles. The summed E-state index contributed by atoms with van der Waals surface area (Å²) in [5.41, 5.74) is 0. The Morgan fingerprint density at radius 3 is 2.57 bits per heavy atom. The molecule has 0 aromatic carbocycles. The van der Waals surface area contributed by atoms with Crippen molar-refractivity contribution in [1.82, 2.24) is 4.90 Å². The summed E-state index contributed by atoms with van der Waals surface area (Å²) in [7, 11) is 0. The molecule has 1 aliphatic carbocycles. The highest BCUT2D eigenvalue weighted by Gasteiger charge is 2.25. The van der Waals surface area contributed by atoms with Gasteiger partial charge in [-0.15, -0.1) is 0 Å². The maximum Gasteiger partial charge on any atom is 0.0434 e. The molecule has 1 atom stereocenters. The number of hydrogen-bond donors (Lipinski definition) is 1. The third kappa shape index (κ3) is 2.71. The van der Waals surface area contributed by atoms with Crippen molar-refractivity contribution in [2.24, 2.45) is 11.8 Å². The molecule has 1 saturated carbocycles. The van der Waals surface area contributed by atoms with Crippen molar-refractivity contribution in [3.63, 3.8) is 0 Å².